The molecule has 1 heterocycles. The van der Waals surface area contributed by atoms with Crippen molar-refractivity contribution in [3.8, 4) is 0 Å². The number of benzene rings is 1. The highest BCUT2D eigenvalue weighted by atomic mass is 19.1. The lowest BCUT2D eigenvalue weighted by Gasteiger charge is -2.09. The second-order valence-corrected chi connectivity index (χ2v) is 5.15. The van der Waals surface area contributed by atoms with Crippen LogP contribution in [0, 0.1) is 5.82 Å². The Morgan fingerprint density at radius 2 is 2.05 bits per heavy atom. The summed E-state index contributed by atoms with van der Waals surface area (Å²) in [7, 11) is 3.81. The van der Waals surface area contributed by atoms with Crippen molar-refractivity contribution >= 4 is 22.7 Å². The number of carbonyl (C=O) groups is 2. The zero-order chi connectivity index (χ0) is 15.6. The van der Waals surface area contributed by atoms with E-state index in [4.69, 9.17) is 0 Å². The average Bonchev–Trinajstić information content (AvgIpc) is 2.76. The van der Waals surface area contributed by atoms with Crippen molar-refractivity contribution in [2.24, 2.45) is 0 Å². The highest BCUT2D eigenvalue weighted by Crippen LogP contribution is 2.22. The SMILES string of the molecule is CC(=O)n1cc(C(=O)NCCN(C)C)c2cc(F)ccc21. The highest BCUT2D eigenvalue weighted by molar-refractivity contribution is 6.09. The van der Waals surface area contributed by atoms with Crippen LogP contribution in [0.4, 0.5) is 4.39 Å². The van der Waals surface area contributed by atoms with Crippen LogP contribution in [-0.4, -0.2) is 48.5 Å². The molecule has 0 bridgehead atoms. The Morgan fingerprint density at radius 3 is 2.67 bits per heavy atom. The first-order valence-electron chi connectivity index (χ1n) is 6.64. The largest absolute Gasteiger partial charge is 0.351 e. The minimum Gasteiger partial charge on any atom is -0.351 e. The fourth-order valence-corrected chi connectivity index (χ4v) is 2.13. The molecule has 0 saturated carbocycles. The van der Waals surface area contributed by atoms with Gasteiger partial charge in [-0.15, -0.1) is 0 Å². The van der Waals surface area contributed by atoms with Gasteiger partial charge in [-0.3, -0.25) is 14.2 Å². The van der Waals surface area contributed by atoms with Crippen LogP contribution in [0.1, 0.15) is 22.1 Å². The second kappa shape index (κ2) is 6.05. The number of rotatable bonds is 4. The predicted octanol–water partition coefficient (Wildman–Crippen LogP) is 1.73. The molecule has 5 nitrogen and oxygen atoms in total. The van der Waals surface area contributed by atoms with Gasteiger partial charge in [0.15, 0.2) is 0 Å². The molecule has 0 fully saturated rings. The van der Waals surface area contributed by atoms with Crippen LogP contribution >= 0.6 is 0 Å². The third-order valence-corrected chi connectivity index (χ3v) is 3.19. The number of nitrogens with zero attached hydrogens (tertiary/aromatic N) is 2. The Morgan fingerprint density at radius 1 is 1.33 bits per heavy atom. The molecule has 1 aromatic carbocycles. The maximum absolute atomic E-state index is 13.4. The number of amides is 1. The topological polar surface area (TPSA) is 54.3 Å². The van der Waals surface area contributed by atoms with E-state index >= 15 is 0 Å². The molecule has 0 aliphatic carbocycles. The Hall–Kier alpha value is -2.21. The molecule has 0 radical (unpaired) electrons. The summed E-state index contributed by atoms with van der Waals surface area (Å²) in [5.74, 6) is -0.974. The molecule has 0 saturated heterocycles. The lowest BCUT2D eigenvalue weighted by molar-refractivity contribution is 0.0941. The summed E-state index contributed by atoms with van der Waals surface area (Å²) >= 11 is 0. The molecule has 0 atom stereocenters. The van der Waals surface area contributed by atoms with Crippen molar-refractivity contribution < 1.29 is 14.0 Å². The van der Waals surface area contributed by atoms with E-state index in [0.29, 0.717) is 29.6 Å². The van der Waals surface area contributed by atoms with Gasteiger partial charge in [-0.1, -0.05) is 0 Å². The van der Waals surface area contributed by atoms with E-state index in [0.717, 1.165) is 0 Å². The first-order chi connectivity index (χ1) is 9.90. The van der Waals surface area contributed by atoms with Crippen molar-refractivity contribution in [1.29, 1.82) is 0 Å². The van der Waals surface area contributed by atoms with E-state index in [1.165, 1.54) is 35.9 Å². The summed E-state index contributed by atoms with van der Waals surface area (Å²) in [6.07, 6.45) is 1.46. The zero-order valence-electron chi connectivity index (χ0n) is 12.3. The van der Waals surface area contributed by atoms with Crippen molar-refractivity contribution in [2.75, 3.05) is 27.2 Å². The third kappa shape index (κ3) is 3.28. The number of hydrogen-bond acceptors (Lipinski definition) is 3. The molecule has 0 unspecified atom stereocenters. The standard InChI is InChI=1S/C15H18FN3O2/c1-10(20)19-9-13(15(21)17-6-7-18(2)3)12-8-11(16)4-5-14(12)19/h4-5,8-9H,6-7H2,1-3H3,(H,17,21). The fraction of sp³-hybridized carbons (Fsp3) is 0.333. The van der Waals surface area contributed by atoms with E-state index < -0.39 is 5.82 Å². The van der Waals surface area contributed by atoms with E-state index in [1.54, 1.807) is 0 Å². The number of aromatic nitrogens is 1. The summed E-state index contributed by atoms with van der Waals surface area (Å²) in [5, 5.41) is 3.20. The van der Waals surface area contributed by atoms with Crippen LogP contribution < -0.4 is 5.32 Å². The van der Waals surface area contributed by atoms with Crippen molar-refractivity contribution in [3.63, 3.8) is 0 Å². The Balaban J connectivity index is 2.36. The summed E-state index contributed by atoms with van der Waals surface area (Å²) in [6, 6.07) is 4.05. The number of carbonyl (C=O) groups excluding carboxylic acids is 2. The average molecular weight is 291 g/mol. The Labute approximate surface area is 122 Å². The maximum Gasteiger partial charge on any atom is 0.253 e. The molecule has 0 aliphatic heterocycles. The molecule has 0 spiro atoms. The van der Waals surface area contributed by atoms with Crippen LogP contribution in [0.3, 0.4) is 0 Å². The summed E-state index contributed by atoms with van der Waals surface area (Å²) in [5.41, 5.74) is 0.833. The molecule has 2 aromatic rings. The molecule has 1 amide bonds. The van der Waals surface area contributed by atoms with Crippen LogP contribution in [0.15, 0.2) is 24.4 Å². The van der Waals surface area contributed by atoms with E-state index in [2.05, 4.69) is 5.32 Å². The zero-order valence-corrected chi connectivity index (χ0v) is 12.3. The highest BCUT2D eigenvalue weighted by Gasteiger charge is 2.17. The lowest BCUT2D eigenvalue weighted by atomic mass is 10.1. The first kappa shape index (κ1) is 15.2. The van der Waals surface area contributed by atoms with Gasteiger partial charge in [0, 0.05) is 31.6 Å². The van der Waals surface area contributed by atoms with Crippen molar-refractivity contribution in [1.82, 2.24) is 14.8 Å². The van der Waals surface area contributed by atoms with Gasteiger partial charge in [0.25, 0.3) is 5.91 Å². The molecule has 0 aliphatic rings. The van der Waals surface area contributed by atoms with Crippen LogP contribution in [-0.2, 0) is 0 Å². The van der Waals surface area contributed by atoms with Gasteiger partial charge in [-0.2, -0.15) is 0 Å². The van der Waals surface area contributed by atoms with Crippen LogP contribution in [0.5, 0.6) is 0 Å². The number of likely N-dealkylation sites (N-methyl/N-ethyl adjacent to an activating group) is 1. The second-order valence-electron chi connectivity index (χ2n) is 5.15. The number of hydrogen-bond donors (Lipinski definition) is 1. The molecule has 2 rings (SSSR count). The van der Waals surface area contributed by atoms with Gasteiger partial charge in [0.2, 0.25) is 5.91 Å². The van der Waals surface area contributed by atoms with Gasteiger partial charge in [-0.05, 0) is 32.3 Å². The predicted molar refractivity (Wildman–Crippen MR) is 79.1 cm³/mol. The Bertz CT molecular complexity index is 692. The first-order valence-corrected chi connectivity index (χ1v) is 6.64. The van der Waals surface area contributed by atoms with Crippen molar-refractivity contribution in [3.05, 3.63) is 35.8 Å². The molecule has 21 heavy (non-hydrogen) atoms. The van der Waals surface area contributed by atoms with Crippen LogP contribution in [0.25, 0.3) is 10.9 Å². The molecule has 1 aromatic heterocycles. The number of halogens is 1. The minimum atomic E-state index is -0.439. The van der Waals surface area contributed by atoms with Crippen LogP contribution in [0.2, 0.25) is 0 Å². The van der Waals surface area contributed by atoms with Gasteiger partial charge < -0.3 is 10.2 Å². The molecule has 1 N–H and O–H groups in total. The van der Waals surface area contributed by atoms with E-state index in [-0.39, 0.29) is 11.8 Å². The normalized spacial score (nSPS) is 11.1. The summed E-state index contributed by atoms with van der Waals surface area (Å²) in [4.78, 5) is 25.8. The third-order valence-electron chi connectivity index (χ3n) is 3.19. The quantitative estimate of drug-likeness (QED) is 0.933. The van der Waals surface area contributed by atoms with Gasteiger partial charge in [0.05, 0.1) is 11.1 Å². The van der Waals surface area contributed by atoms with Crippen molar-refractivity contribution in [2.45, 2.75) is 6.92 Å². The molecular weight excluding hydrogens is 273 g/mol. The summed E-state index contributed by atoms with van der Waals surface area (Å²) in [6.45, 7) is 2.58. The molecule has 112 valence electrons. The number of nitrogens with one attached hydrogen (secondary N) is 1. The number of fused-ring (bicyclic) bond motifs is 1. The van der Waals surface area contributed by atoms with E-state index in [9.17, 15) is 14.0 Å². The van der Waals surface area contributed by atoms with Gasteiger partial charge in [-0.25, -0.2) is 4.39 Å². The van der Waals surface area contributed by atoms with Gasteiger partial charge >= 0.3 is 0 Å². The lowest BCUT2D eigenvalue weighted by Crippen LogP contribution is -2.31. The van der Waals surface area contributed by atoms with Gasteiger partial charge in [0.1, 0.15) is 5.82 Å². The minimum absolute atomic E-state index is 0.223. The molecule has 6 heteroatoms. The summed E-state index contributed by atoms with van der Waals surface area (Å²) < 4.78 is 14.8. The Kier molecular flexibility index (Phi) is 4.37. The van der Waals surface area contributed by atoms with E-state index in [1.807, 2.05) is 19.0 Å². The monoisotopic (exact) mass is 291 g/mol. The smallest absolute Gasteiger partial charge is 0.253 e. The maximum atomic E-state index is 13.4. The fourth-order valence-electron chi connectivity index (χ4n) is 2.13. The molecular formula is C15H18FN3O2.